The summed E-state index contributed by atoms with van der Waals surface area (Å²) in [6.07, 6.45) is 2.22. The molecule has 3 rings (SSSR count). The number of carbonyl (C=O) groups excluding carboxylic acids is 1. The summed E-state index contributed by atoms with van der Waals surface area (Å²) in [6, 6.07) is 11.1. The van der Waals surface area contributed by atoms with Crippen LogP contribution in [0.25, 0.3) is 0 Å². The fraction of sp³-hybridized carbons (Fsp3) is 0.562. The summed E-state index contributed by atoms with van der Waals surface area (Å²) >= 11 is 0. The predicted molar refractivity (Wildman–Crippen MR) is 79.3 cm³/mol. The van der Waals surface area contributed by atoms with Crippen LogP contribution in [0.1, 0.15) is 18.4 Å². The van der Waals surface area contributed by atoms with Crippen molar-refractivity contribution in [3.63, 3.8) is 0 Å². The Hall–Kier alpha value is -1.39. The molecule has 0 atom stereocenters. The Morgan fingerprint density at radius 3 is 2.55 bits per heavy atom. The largest absolute Gasteiger partial charge is 0.337 e. The third-order valence-electron chi connectivity index (χ3n) is 4.37. The quantitative estimate of drug-likeness (QED) is 0.895. The smallest absolute Gasteiger partial charge is 0.236 e. The third kappa shape index (κ3) is 3.19. The van der Waals surface area contributed by atoms with Gasteiger partial charge in [-0.1, -0.05) is 30.3 Å². The standard InChI is InChI=1S/C16H23N3O/c20-16-12-17-8-11-19(16)15-6-9-18(10-7-15)13-14-4-2-1-3-5-14/h1-5,15,17H,6-13H2. The number of piperazine rings is 1. The maximum Gasteiger partial charge on any atom is 0.236 e. The van der Waals surface area contributed by atoms with E-state index in [2.05, 4.69) is 45.4 Å². The maximum atomic E-state index is 11.9. The molecule has 0 saturated carbocycles. The Kier molecular flexibility index (Phi) is 4.33. The van der Waals surface area contributed by atoms with Crippen molar-refractivity contribution in [1.29, 1.82) is 0 Å². The first kappa shape index (κ1) is 13.6. The van der Waals surface area contributed by atoms with Gasteiger partial charge in [0, 0.05) is 38.8 Å². The van der Waals surface area contributed by atoms with Crippen molar-refractivity contribution in [1.82, 2.24) is 15.1 Å². The van der Waals surface area contributed by atoms with Gasteiger partial charge in [0.05, 0.1) is 6.54 Å². The molecular formula is C16H23N3O. The molecule has 4 nitrogen and oxygen atoms in total. The molecule has 1 N–H and O–H groups in total. The number of likely N-dealkylation sites (tertiary alicyclic amines) is 1. The molecule has 2 heterocycles. The average molecular weight is 273 g/mol. The summed E-state index contributed by atoms with van der Waals surface area (Å²) in [5.74, 6) is 0.276. The van der Waals surface area contributed by atoms with Gasteiger partial charge >= 0.3 is 0 Å². The van der Waals surface area contributed by atoms with Gasteiger partial charge < -0.3 is 10.2 Å². The zero-order valence-corrected chi connectivity index (χ0v) is 11.9. The van der Waals surface area contributed by atoms with E-state index in [1.54, 1.807) is 0 Å². The van der Waals surface area contributed by atoms with E-state index >= 15 is 0 Å². The summed E-state index contributed by atoms with van der Waals surface area (Å²) in [5, 5.41) is 3.14. The number of carbonyl (C=O) groups is 1. The summed E-state index contributed by atoms with van der Waals surface area (Å²) in [4.78, 5) is 16.5. The molecule has 0 spiro atoms. The first-order chi connectivity index (χ1) is 9.83. The molecule has 1 amide bonds. The van der Waals surface area contributed by atoms with E-state index in [1.807, 2.05) is 0 Å². The fourth-order valence-electron chi connectivity index (χ4n) is 3.24. The highest BCUT2D eigenvalue weighted by Crippen LogP contribution is 2.19. The van der Waals surface area contributed by atoms with E-state index in [-0.39, 0.29) is 5.91 Å². The molecule has 0 radical (unpaired) electrons. The van der Waals surface area contributed by atoms with E-state index in [9.17, 15) is 4.79 Å². The molecule has 2 fully saturated rings. The Balaban J connectivity index is 1.50. The maximum absolute atomic E-state index is 11.9. The minimum absolute atomic E-state index is 0.276. The molecule has 0 aliphatic carbocycles. The fourth-order valence-corrected chi connectivity index (χ4v) is 3.24. The Morgan fingerprint density at radius 1 is 1.10 bits per heavy atom. The van der Waals surface area contributed by atoms with Gasteiger partial charge in [-0.05, 0) is 18.4 Å². The van der Waals surface area contributed by atoms with Crippen molar-refractivity contribution < 1.29 is 4.79 Å². The lowest BCUT2D eigenvalue weighted by molar-refractivity contribution is -0.135. The van der Waals surface area contributed by atoms with Crippen molar-refractivity contribution in [2.24, 2.45) is 0 Å². The van der Waals surface area contributed by atoms with Crippen molar-refractivity contribution in [2.45, 2.75) is 25.4 Å². The molecule has 2 saturated heterocycles. The van der Waals surface area contributed by atoms with Gasteiger partial charge in [0.1, 0.15) is 0 Å². The van der Waals surface area contributed by atoms with Gasteiger partial charge in [0.15, 0.2) is 0 Å². The molecule has 20 heavy (non-hydrogen) atoms. The lowest BCUT2D eigenvalue weighted by Gasteiger charge is -2.40. The number of benzene rings is 1. The number of rotatable bonds is 3. The van der Waals surface area contributed by atoms with E-state index in [0.29, 0.717) is 12.6 Å². The normalized spacial score (nSPS) is 22.2. The minimum Gasteiger partial charge on any atom is -0.337 e. The Labute approximate surface area is 120 Å². The van der Waals surface area contributed by atoms with E-state index in [4.69, 9.17) is 0 Å². The number of piperidine rings is 1. The Bertz CT molecular complexity index is 440. The number of amides is 1. The van der Waals surface area contributed by atoms with Gasteiger partial charge in [-0.25, -0.2) is 0 Å². The van der Waals surface area contributed by atoms with Crippen LogP contribution >= 0.6 is 0 Å². The van der Waals surface area contributed by atoms with Crippen molar-refractivity contribution >= 4 is 5.91 Å². The zero-order chi connectivity index (χ0) is 13.8. The van der Waals surface area contributed by atoms with Gasteiger partial charge in [0.2, 0.25) is 5.91 Å². The van der Waals surface area contributed by atoms with E-state index in [0.717, 1.165) is 45.6 Å². The lowest BCUT2D eigenvalue weighted by atomic mass is 10.0. The summed E-state index contributed by atoms with van der Waals surface area (Å²) < 4.78 is 0. The van der Waals surface area contributed by atoms with Crippen molar-refractivity contribution in [3.8, 4) is 0 Å². The van der Waals surface area contributed by atoms with Crippen LogP contribution in [0.5, 0.6) is 0 Å². The molecule has 0 aromatic heterocycles. The molecular weight excluding hydrogens is 250 g/mol. The van der Waals surface area contributed by atoms with E-state index < -0.39 is 0 Å². The van der Waals surface area contributed by atoms with Crippen molar-refractivity contribution in [3.05, 3.63) is 35.9 Å². The first-order valence-corrected chi connectivity index (χ1v) is 7.59. The van der Waals surface area contributed by atoms with Crippen LogP contribution < -0.4 is 5.32 Å². The van der Waals surface area contributed by atoms with Gasteiger partial charge in [-0.3, -0.25) is 9.69 Å². The minimum atomic E-state index is 0.276. The van der Waals surface area contributed by atoms with E-state index in [1.165, 1.54) is 5.56 Å². The second-order valence-electron chi connectivity index (χ2n) is 5.76. The lowest BCUT2D eigenvalue weighted by Crippen LogP contribution is -2.55. The zero-order valence-electron chi connectivity index (χ0n) is 11.9. The third-order valence-corrected chi connectivity index (χ3v) is 4.37. The highest BCUT2D eigenvalue weighted by atomic mass is 16.2. The molecule has 2 aliphatic rings. The molecule has 108 valence electrons. The highest BCUT2D eigenvalue weighted by molar-refractivity contribution is 5.79. The number of hydrogen-bond donors (Lipinski definition) is 1. The first-order valence-electron chi connectivity index (χ1n) is 7.59. The molecule has 0 unspecified atom stereocenters. The van der Waals surface area contributed by atoms with Crippen LogP contribution in [0.15, 0.2) is 30.3 Å². The predicted octanol–water partition coefficient (Wildman–Crippen LogP) is 1.08. The summed E-state index contributed by atoms with van der Waals surface area (Å²) in [7, 11) is 0. The van der Waals surface area contributed by atoms with Crippen LogP contribution in [0.2, 0.25) is 0 Å². The monoisotopic (exact) mass is 273 g/mol. The van der Waals surface area contributed by atoms with Gasteiger partial charge in [0.25, 0.3) is 0 Å². The number of hydrogen-bond acceptors (Lipinski definition) is 3. The molecule has 0 bridgehead atoms. The highest BCUT2D eigenvalue weighted by Gasteiger charge is 2.29. The number of nitrogens with one attached hydrogen (secondary N) is 1. The second-order valence-corrected chi connectivity index (χ2v) is 5.76. The van der Waals surface area contributed by atoms with Gasteiger partial charge in [-0.2, -0.15) is 0 Å². The second kappa shape index (κ2) is 6.37. The SMILES string of the molecule is O=C1CNCCN1C1CCN(Cc2ccccc2)CC1. The average Bonchev–Trinajstić information content (AvgIpc) is 2.50. The van der Waals surface area contributed by atoms with Crippen LogP contribution in [0, 0.1) is 0 Å². The molecule has 1 aromatic carbocycles. The Morgan fingerprint density at radius 2 is 1.85 bits per heavy atom. The van der Waals surface area contributed by atoms with Crippen LogP contribution in [-0.4, -0.2) is 54.5 Å². The van der Waals surface area contributed by atoms with Gasteiger partial charge in [-0.15, -0.1) is 0 Å². The molecule has 2 aliphatic heterocycles. The summed E-state index contributed by atoms with van der Waals surface area (Å²) in [5.41, 5.74) is 1.38. The number of nitrogens with zero attached hydrogens (tertiary/aromatic N) is 2. The molecule has 1 aromatic rings. The van der Waals surface area contributed by atoms with Crippen LogP contribution in [0.4, 0.5) is 0 Å². The van der Waals surface area contributed by atoms with Crippen LogP contribution in [-0.2, 0) is 11.3 Å². The van der Waals surface area contributed by atoms with Crippen LogP contribution in [0.3, 0.4) is 0 Å². The van der Waals surface area contributed by atoms with Crippen molar-refractivity contribution in [2.75, 3.05) is 32.7 Å². The topological polar surface area (TPSA) is 35.6 Å². The molecule has 4 heteroatoms. The summed E-state index contributed by atoms with van der Waals surface area (Å²) in [6.45, 7) is 5.55.